The van der Waals surface area contributed by atoms with Gasteiger partial charge in [0.25, 0.3) is 5.56 Å². The Kier molecular flexibility index (Phi) is 3.69. The third-order valence-electron chi connectivity index (χ3n) is 3.15. The van der Waals surface area contributed by atoms with E-state index in [0.717, 1.165) is 16.9 Å². The van der Waals surface area contributed by atoms with Gasteiger partial charge in [-0.1, -0.05) is 18.6 Å². The van der Waals surface area contributed by atoms with Gasteiger partial charge in [-0.15, -0.1) is 0 Å². The Morgan fingerprint density at radius 2 is 2.05 bits per heavy atom. The van der Waals surface area contributed by atoms with Crippen LogP contribution in [-0.2, 0) is 6.42 Å². The standard InChI is InChI=1S/C15H18N2O2/c1-5-13-16-14(10(3)15(18)17-13)11-8-9(2)6-7-12(11)19-4/h6-8H,5H2,1-4H3,(H,16,17,18). The molecule has 0 unspecified atom stereocenters. The first-order chi connectivity index (χ1) is 9.06. The molecule has 0 radical (unpaired) electrons. The number of hydrogen-bond donors (Lipinski definition) is 1. The lowest BCUT2D eigenvalue weighted by Crippen LogP contribution is -2.16. The highest BCUT2D eigenvalue weighted by Gasteiger charge is 2.13. The van der Waals surface area contributed by atoms with Crippen LogP contribution in [0.25, 0.3) is 11.3 Å². The van der Waals surface area contributed by atoms with E-state index in [1.165, 1.54) is 0 Å². The predicted octanol–water partition coefficient (Wildman–Crippen LogP) is 2.62. The van der Waals surface area contributed by atoms with Gasteiger partial charge in [0.1, 0.15) is 11.6 Å². The summed E-state index contributed by atoms with van der Waals surface area (Å²) in [5.74, 6) is 1.42. The molecule has 2 aromatic rings. The quantitative estimate of drug-likeness (QED) is 0.920. The number of nitrogens with one attached hydrogen (secondary N) is 1. The van der Waals surface area contributed by atoms with Crippen LogP contribution in [0.2, 0.25) is 0 Å². The Labute approximate surface area is 112 Å². The van der Waals surface area contributed by atoms with Crippen molar-refractivity contribution in [1.29, 1.82) is 0 Å². The first-order valence-corrected chi connectivity index (χ1v) is 6.31. The van der Waals surface area contributed by atoms with E-state index >= 15 is 0 Å². The monoisotopic (exact) mass is 258 g/mol. The summed E-state index contributed by atoms with van der Waals surface area (Å²) in [6, 6.07) is 5.87. The van der Waals surface area contributed by atoms with Crippen LogP contribution in [0.1, 0.15) is 23.9 Å². The summed E-state index contributed by atoms with van der Waals surface area (Å²) in [4.78, 5) is 19.3. The van der Waals surface area contributed by atoms with E-state index in [1.807, 2.05) is 32.0 Å². The van der Waals surface area contributed by atoms with Crippen molar-refractivity contribution in [1.82, 2.24) is 9.97 Å². The minimum Gasteiger partial charge on any atom is -0.496 e. The number of aryl methyl sites for hydroxylation is 2. The Balaban J connectivity index is 2.74. The number of hydrogen-bond acceptors (Lipinski definition) is 3. The molecule has 1 aromatic carbocycles. The third kappa shape index (κ3) is 2.52. The van der Waals surface area contributed by atoms with Gasteiger partial charge >= 0.3 is 0 Å². The molecular formula is C15H18N2O2. The average molecular weight is 258 g/mol. The van der Waals surface area contributed by atoms with Crippen LogP contribution in [0.4, 0.5) is 0 Å². The molecule has 4 heteroatoms. The predicted molar refractivity (Wildman–Crippen MR) is 75.7 cm³/mol. The molecule has 19 heavy (non-hydrogen) atoms. The van der Waals surface area contributed by atoms with Crippen molar-refractivity contribution in [3.05, 3.63) is 45.5 Å². The van der Waals surface area contributed by atoms with Crippen molar-refractivity contribution in [2.24, 2.45) is 0 Å². The van der Waals surface area contributed by atoms with Gasteiger partial charge in [-0.2, -0.15) is 0 Å². The molecule has 0 fully saturated rings. The van der Waals surface area contributed by atoms with Gasteiger partial charge in [-0.25, -0.2) is 4.98 Å². The Hall–Kier alpha value is -2.10. The highest BCUT2D eigenvalue weighted by Crippen LogP contribution is 2.30. The normalized spacial score (nSPS) is 10.5. The van der Waals surface area contributed by atoms with E-state index in [-0.39, 0.29) is 5.56 Å². The molecule has 1 N–H and O–H groups in total. The molecule has 0 saturated carbocycles. The number of benzene rings is 1. The second kappa shape index (κ2) is 5.26. The van der Waals surface area contributed by atoms with Crippen molar-refractivity contribution in [3.63, 3.8) is 0 Å². The van der Waals surface area contributed by atoms with Gasteiger partial charge in [-0.3, -0.25) is 4.79 Å². The first-order valence-electron chi connectivity index (χ1n) is 6.31. The number of rotatable bonds is 3. The maximum absolute atomic E-state index is 11.9. The van der Waals surface area contributed by atoms with E-state index in [1.54, 1.807) is 14.0 Å². The maximum atomic E-state index is 11.9. The molecule has 0 bridgehead atoms. The van der Waals surface area contributed by atoms with E-state index in [2.05, 4.69) is 9.97 Å². The molecule has 100 valence electrons. The number of H-pyrrole nitrogens is 1. The second-order valence-corrected chi connectivity index (χ2v) is 4.54. The van der Waals surface area contributed by atoms with E-state index < -0.39 is 0 Å². The SMILES string of the molecule is CCc1nc(-c2cc(C)ccc2OC)c(C)c(=O)[nH]1. The van der Waals surface area contributed by atoms with Gasteiger partial charge in [0.15, 0.2) is 0 Å². The minimum absolute atomic E-state index is 0.0922. The van der Waals surface area contributed by atoms with Crippen LogP contribution >= 0.6 is 0 Å². The van der Waals surface area contributed by atoms with Gasteiger partial charge < -0.3 is 9.72 Å². The molecule has 1 aromatic heterocycles. The van der Waals surface area contributed by atoms with Crippen LogP contribution in [0, 0.1) is 13.8 Å². The highest BCUT2D eigenvalue weighted by atomic mass is 16.5. The number of methoxy groups -OCH3 is 1. The highest BCUT2D eigenvalue weighted by molar-refractivity contribution is 5.70. The Morgan fingerprint density at radius 1 is 1.32 bits per heavy atom. The molecule has 4 nitrogen and oxygen atoms in total. The van der Waals surface area contributed by atoms with Gasteiger partial charge in [-0.05, 0) is 26.0 Å². The molecule has 0 aliphatic rings. The molecule has 0 saturated heterocycles. The molecule has 0 atom stereocenters. The third-order valence-corrected chi connectivity index (χ3v) is 3.15. The van der Waals surface area contributed by atoms with Crippen LogP contribution < -0.4 is 10.3 Å². The second-order valence-electron chi connectivity index (χ2n) is 4.54. The van der Waals surface area contributed by atoms with Crippen LogP contribution in [0.15, 0.2) is 23.0 Å². The minimum atomic E-state index is -0.0922. The van der Waals surface area contributed by atoms with Crippen molar-refractivity contribution in [2.45, 2.75) is 27.2 Å². The summed E-state index contributed by atoms with van der Waals surface area (Å²) < 4.78 is 5.37. The summed E-state index contributed by atoms with van der Waals surface area (Å²) >= 11 is 0. The maximum Gasteiger partial charge on any atom is 0.254 e. The van der Waals surface area contributed by atoms with Gasteiger partial charge in [0, 0.05) is 17.5 Å². The molecule has 0 spiro atoms. The lowest BCUT2D eigenvalue weighted by molar-refractivity contribution is 0.416. The zero-order chi connectivity index (χ0) is 14.0. The van der Waals surface area contributed by atoms with E-state index in [0.29, 0.717) is 23.5 Å². The topological polar surface area (TPSA) is 55.0 Å². The van der Waals surface area contributed by atoms with Gasteiger partial charge in [0.2, 0.25) is 0 Å². The zero-order valence-corrected chi connectivity index (χ0v) is 11.7. The lowest BCUT2D eigenvalue weighted by atomic mass is 10.0. The zero-order valence-electron chi connectivity index (χ0n) is 11.7. The van der Waals surface area contributed by atoms with Crippen molar-refractivity contribution < 1.29 is 4.74 Å². The number of ether oxygens (including phenoxy) is 1. The van der Waals surface area contributed by atoms with Crippen LogP contribution in [0.3, 0.4) is 0 Å². The number of nitrogens with zero attached hydrogens (tertiary/aromatic N) is 1. The number of aromatic amines is 1. The summed E-state index contributed by atoms with van der Waals surface area (Å²) in [6.07, 6.45) is 0.691. The fraction of sp³-hybridized carbons (Fsp3) is 0.333. The van der Waals surface area contributed by atoms with Gasteiger partial charge in [0.05, 0.1) is 12.8 Å². The fourth-order valence-electron chi connectivity index (χ4n) is 2.02. The molecule has 0 aliphatic heterocycles. The van der Waals surface area contributed by atoms with Crippen molar-refractivity contribution in [2.75, 3.05) is 7.11 Å². The first kappa shape index (κ1) is 13.3. The largest absolute Gasteiger partial charge is 0.496 e. The number of aromatic nitrogens is 2. The molecule has 2 rings (SSSR count). The van der Waals surface area contributed by atoms with Crippen molar-refractivity contribution in [3.8, 4) is 17.0 Å². The molecule has 0 aliphatic carbocycles. The molecule has 0 amide bonds. The van der Waals surface area contributed by atoms with E-state index in [9.17, 15) is 4.79 Å². The Bertz CT molecular complexity index is 660. The smallest absolute Gasteiger partial charge is 0.254 e. The summed E-state index contributed by atoms with van der Waals surface area (Å²) in [7, 11) is 1.62. The fourth-order valence-corrected chi connectivity index (χ4v) is 2.02. The molecule has 1 heterocycles. The van der Waals surface area contributed by atoms with E-state index in [4.69, 9.17) is 4.74 Å². The average Bonchev–Trinajstić information content (AvgIpc) is 2.41. The lowest BCUT2D eigenvalue weighted by Gasteiger charge is -2.11. The summed E-state index contributed by atoms with van der Waals surface area (Å²) in [5, 5.41) is 0. The Morgan fingerprint density at radius 3 is 2.68 bits per heavy atom. The van der Waals surface area contributed by atoms with Crippen LogP contribution in [0.5, 0.6) is 5.75 Å². The summed E-state index contributed by atoms with van der Waals surface area (Å²) in [6.45, 7) is 5.75. The van der Waals surface area contributed by atoms with Crippen molar-refractivity contribution >= 4 is 0 Å². The molecular weight excluding hydrogens is 240 g/mol. The van der Waals surface area contributed by atoms with Crippen LogP contribution in [-0.4, -0.2) is 17.1 Å². The summed E-state index contributed by atoms with van der Waals surface area (Å²) in [5.41, 5.74) is 3.18.